The van der Waals surface area contributed by atoms with Crippen LogP contribution < -0.4 is 4.72 Å². The van der Waals surface area contributed by atoms with Crippen molar-refractivity contribution in [2.45, 2.75) is 50.3 Å². The van der Waals surface area contributed by atoms with Crippen molar-refractivity contribution in [3.05, 3.63) is 23.9 Å². The summed E-state index contributed by atoms with van der Waals surface area (Å²) in [4.78, 5) is 3.90. The first kappa shape index (κ1) is 14.4. The Morgan fingerprint density at radius 1 is 1.42 bits per heavy atom. The van der Waals surface area contributed by atoms with Crippen LogP contribution in [-0.2, 0) is 16.6 Å². The smallest absolute Gasteiger partial charge is 0.258 e. The molecule has 0 bridgehead atoms. The third-order valence-corrected chi connectivity index (χ3v) is 4.95. The lowest BCUT2D eigenvalue weighted by molar-refractivity contribution is 0.281. The quantitative estimate of drug-likeness (QED) is 0.876. The van der Waals surface area contributed by atoms with Gasteiger partial charge >= 0.3 is 0 Å². The van der Waals surface area contributed by atoms with Crippen LogP contribution in [0.1, 0.15) is 38.2 Å². The van der Waals surface area contributed by atoms with Gasteiger partial charge in [0.2, 0.25) is 0 Å². The van der Waals surface area contributed by atoms with E-state index in [-0.39, 0.29) is 17.7 Å². The highest BCUT2D eigenvalue weighted by Crippen LogP contribution is 2.24. The molecule has 1 aliphatic rings. The molecule has 0 radical (unpaired) electrons. The highest BCUT2D eigenvalue weighted by atomic mass is 32.2. The van der Waals surface area contributed by atoms with Crippen LogP contribution in [0.3, 0.4) is 0 Å². The average Bonchev–Trinajstić information content (AvgIpc) is 2.38. The number of rotatable bonds is 4. The summed E-state index contributed by atoms with van der Waals surface area (Å²) in [5, 5.41) is 8.93. The van der Waals surface area contributed by atoms with E-state index in [2.05, 4.69) is 16.6 Å². The van der Waals surface area contributed by atoms with E-state index in [0.717, 1.165) is 19.3 Å². The van der Waals surface area contributed by atoms with E-state index in [9.17, 15) is 8.42 Å². The first-order valence-corrected chi connectivity index (χ1v) is 8.07. The number of aliphatic hydroxyl groups is 1. The molecule has 1 saturated carbocycles. The molecule has 0 spiro atoms. The fourth-order valence-corrected chi connectivity index (χ4v) is 3.70. The molecule has 2 unspecified atom stereocenters. The van der Waals surface area contributed by atoms with E-state index in [1.807, 2.05) is 0 Å². The first-order valence-electron chi connectivity index (χ1n) is 6.59. The van der Waals surface area contributed by atoms with Crippen molar-refractivity contribution in [3.63, 3.8) is 0 Å². The molecule has 6 heteroatoms. The fraction of sp³-hybridized carbons (Fsp3) is 0.615. The molecule has 1 aromatic heterocycles. The van der Waals surface area contributed by atoms with Crippen LogP contribution in [0.25, 0.3) is 0 Å². The molecule has 2 N–H and O–H groups in total. The molecular formula is C13H20N2O3S. The predicted octanol–water partition coefficient (Wildman–Crippen LogP) is 1.43. The van der Waals surface area contributed by atoms with Crippen molar-refractivity contribution < 1.29 is 13.5 Å². The fourth-order valence-electron chi connectivity index (χ4n) is 2.48. The van der Waals surface area contributed by atoms with Gasteiger partial charge in [0.15, 0.2) is 5.03 Å². The SMILES string of the molecule is CC1CCCC(NS(=O)(=O)c2ccc(CO)cn2)C1. The summed E-state index contributed by atoms with van der Waals surface area (Å²) < 4.78 is 27.1. The Morgan fingerprint density at radius 2 is 2.21 bits per heavy atom. The molecule has 2 rings (SSSR count). The minimum Gasteiger partial charge on any atom is -0.392 e. The van der Waals surface area contributed by atoms with Gasteiger partial charge in [-0.25, -0.2) is 18.1 Å². The van der Waals surface area contributed by atoms with Gasteiger partial charge in [0.05, 0.1) is 6.61 Å². The van der Waals surface area contributed by atoms with Crippen LogP contribution in [-0.4, -0.2) is 24.6 Å². The molecule has 1 heterocycles. The monoisotopic (exact) mass is 284 g/mol. The van der Waals surface area contributed by atoms with Gasteiger partial charge in [-0.15, -0.1) is 0 Å². The molecule has 0 aliphatic heterocycles. The van der Waals surface area contributed by atoms with Crippen LogP contribution in [0.15, 0.2) is 23.4 Å². The first-order chi connectivity index (χ1) is 9.01. The van der Waals surface area contributed by atoms with Crippen molar-refractivity contribution in [2.24, 2.45) is 5.92 Å². The molecule has 19 heavy (non-hydrogen) atoms. The summed E-state index contributed by atoms with van der Waals surface area (Å²) in [5.41, 5.74) is 0.602. The second-order valence-corrected chi connectivity index (χ2v) is 6.91. The normalized spacial score (nSPS) is 24.3. The third kappa shape index (κ3) is 3.75. The molecule has 0 aromatic carbocycles. The Balaban J connectivity index is 2.08. The lowest BCUT2D eigenvalue weighted by atomic mass is 9.88. The number of pyridine rings is 1. The lowest BCUT2D eigenvalue weighted by Gasteiger charge is -2.27. The third-order valence-electron chi connectivity index (χ3n) is 3.51. The van der Waals surface area contributed by atoms with Gasteiger partial charge in [-0.1, -0.05) is 25.8 Å². The van der Waals surface area contributed by atoms with E-state index in [0.29, 0.717) is 11.5 Å². The maximum absolute atomic E-state index is 12.2. The van der Waals surface area contributed by atoms with Crippen molar-refractivity contribution in [1.82, 2.24) is 9.71 Å². The number of aliphatic hydroxyl groups excluding tert-OH is 1. The zero-order chi connectivity index (χ0) is 13.9. The van der Waals surface area contributed by atoms with Crippen LogP contribution in [0.2, 0.25) is 0 Å². The number of hydrogen-bond acceptors (Lipinski definition) is 4. The summed E-state index contributed by atoms with van der Waals surface area (Å²) in [7, 11) is -3.55. The van der Waals surface area contributed by atoms with Gasteiger partial charge in [-0.3, -0.25) is 0 Å². The Morgan fingerprint density at radius 3 is 2.79 bits per heavy atom. The van der Waals surface area contributed by atoms with Crippen molar-refractivity contribution in [3.8, 4) is 0 Å². The van der Waals surface area contributed by atoms with E-state index >= 15 is 0 Å². The highest BCUT2D eigenvalue weighted by molar-refractivity contribution is 7.89. The number of nitrogens with zero attached hydrogens (tertiary/aromatic N) is 1. The Labute approximate surface area is 114 Å². The minimum atomic E-state index is -3.55. The second kappa shape index (κ2) is 5.98. The van der Waals surface area contributed by atoms with Gasteiger partial charge in [0.25, 0.3) is 10.0 Å². The molecule has 106 valence electrons. The van der Waals surface area contributed by atoms with Crippen LogP contribution in [0.5, 0.6) is 0 Å². The number of nitrogens with one attached hydrogen (secondary N) is 1. The second-order valence-electron chi connectivity index (χ2n) is 5.25. The van der Waals surface area contributed by atoms with Crippen molar-refractivity contribution in [2.75, 3.05) is 0 Å². The zero-order valence-electron chi connectivity index (χ0n) is 11.0. The molecule has 1 fully saturated rings. The molecule has 0 amide bonds. The van der Waals surface area contributed by atoms with E-state index in [1.165, 1.54) is 18.7 Å². The maximum Gasteiger partial charge on any atom is 0.258 e. The van der Waals surface area contributed by atoms with E-state index < -0.39 is 10.0 Å². The maximum atomic E-state index is 12.2. The number of sulfonamides is 1. The van der Waals surface area contributed by atoms with Gasteiger partial charge < -0.3 is 5.11 Å². The van der Waals surface area contributed by atoms with Crippen molar-refractivity contribution >= 4 is 10.0 Å². The zero-order valence-corrected chi connectivity index (χ0v) is 11.9. The van der Waals surface area contributed by atoms with Crippen LogP contribution >= 0.6 is 0 Å². The summed E-state index contributed by atoms with van der Waals surface area (Å²) in [5.74, 6) is 0.561. The summed E-state index contributed by atoms with van der Waals surface area (Å²) in [6, 6.07) is 3.01. The minimum absolute atomic E-state index is 0.00747. The van der Waals surface area contributed by atoms with Gasteiger partial charge in [0.1, 0.15) is 0 Å². The predicted molar refractivity (Wildman–Crippen MR) is 71.9 cm³/mol. The summed E-state index contributed by atoms with van der Waals surface area (Å²) in [6.45, 7) is 2.01. The number of hydrogen-bond donors (Lipinski definition) is 2. The van der Waals surface area contributed by atoms with Crippen LogP contribution in [0.4, 0.5) is 0 Å². The largest absolute Gasteiger partial charge is 0.392 e. The average molecular weight is 284 g/mol. The summed E-state index contributed by atoms with van der Waals surface area (Å²) in [6.07, 6.45) is 5.39. The van der Waals surface area contributed by atoms with Gasteiger partial charge in [-0.2, -0.15) is 0 Å². The Kier molecular flexibility index (Phi) is 4.54. The topological polar surface area (TPSA) is 79.3 Å². The molecule has 5 nitrogen and oxygen atoms in total. The van der Waals surface area contributed by atoms with Crippen LogP contribution in [0, 0.1) is 5.92 Å². The molecule has 2 atom stereocenters. The molecule has 1 aliphatic carbocycles. The van der Waals surface area contributed by atoms with Crippen molar-refractivity contribution in [1.29, 1.82) is 0 Å². The standard InChI is InChI=1S/C13H20N2O3S/c1-10-3-2-4-12(7-10)15-19(17,18)13-6-5-11(9-16)8-14-13/h5-6,8,10,12,15-16H,2-4,7,9H2,1H3. The Hall–Kier alpha value is -0.980. The summed E-state index contributed by atoms with van der Waals surface area (Å²) >= 11 is 0. The molecule has 0 saturated heterocycles. The molecule has 1 aromatic rings. The number of aromatic nitrogens is 1. The van der Waals surface area contributed by atoms with E-state index in [4.69, 9.17) is 5.11 Å². The van der Waals surface area contributed by atoms with E-state index in [1.54, 1.807) is 6.07 Å². The van der Waals surface area contributed by atoms with Gasteiger partial charge in [0, 0.05) is 12.2 Å². The lowest BCUT2D eigenvalue weighted by Crippen LogP contribution is -2.38. The van der Waals surface area contributed by atoms with Gasteiger partial charge in [-0.05, 0) is 30.4 Å². The Bertz CT molecular complexity index is 513. The highest BCUT2D eigenvalue weighted by Gasteiger charge is 2.25. The molecular weight excluding hydrogens is 264 g/mol.